The summed E-state index contributed by atoms with van der Waals surface area (Å²) in [4.78, 5) is 23.4. The van der Waals surface area contributed by atoms with E-state index in [4.69, 9.17) is 0 Å². The molecule has 0 bridgehead atoms. The highest BCUT2D eigenvalue weighted by atomic mass is 16.2. The molecule has 0 aromatic carbocycles. The number of nitrogens with zero attached hydrogens (tertiary/aromatic N) is 5. The summed E-state index contributed by atoms with van der Waals surface area (Å²) in [5.41, 5.74) is 0. The number of carbonyl (C=O) groups excluding carboxylic acids is 2. The number of hydrogen-bond donors (Lipinski definition) is 2. The molecule has 9 nitrogen and oxygen atoms in total. The van der Waals surface area contributed by atoms with Gasteiger partial charge >= 0.3 is 0 Å². The lowest BCUT2D eigenvalue weighted by Crippen LogP contribution is -2.20. The van der Waals surface area contributed by atoms with Gasteiger partial charge in [-0.1, -0.05) is 5.21 Å². The fraction of sp³-hybridized carbons (Fsp3) is 0.417. The van der Waals surface area contributed by atoms with Gasteiger partial charge in [0, 0.05) is 19.0 Å². The number of carbonyl (C=O) groups is 2. The number of amides is 2. The van der Waals surface area contributed by atoms with Crippen LogP contribution in [0.3, 0.4) is 0 Å². The van der Waals surface area contributed by atoms with Gasteiger partial charge < -0.3 is 10.6 Å². The van der Waals surface area contributed by atoms with E-state index in [1.165, 1.54) is 10.9 Å². The van der Waals surface area contributed by atoms with Crippen LogP contribution in [0.15, 0.2) is 18.5 Å². The van der Waals surface area contributed by atoms with E-state index in [0.717, 1.165) is 12.8 Å². The first kappa shape index (κ1) is 13.3. The number of rotatable bonds is 5. The molecular formula is C12H15N7O2. The third kappa shape index (κ3) is 3.25. The number of aryl methyl sites for hydroxylation is 1. The highest BCUT2D eigenvalue weighted by molar-refractivity contribution is 5.93. The van der Waals surface area contributed by atoms with Gasteiger partial charge in [0.15, 0.2) is 5.82 Å². The Morgan fingerprint density at radius 3 is 2.86 bits per heavy atom. The minimum absolute atomic E-state index is 0.0114. The fourth-order valence-electron chi connectivity index (χ4n) is 1.83. The van der Waals surface area contributed by atoms with Crippen LogP contribution in [0, 0.1) is 5.92 Å². The molecule has 1 fully saturated rings. The summed E-state index contributed by atoms with van der Waals surface area (Å²) >= 11 is 0. The summed E-state index contributed by atoms with van der Waals surface area (Å²) in [5.74, 6) is 0.774. The van der Waals surface area contributed by atoms with E-state index < -0.39 is 0 Å². The first-order valence-corrected chi connectivity index (χ1v) is 6.60. The Labute approximate surface area is 120 Å². The summed E-state index contributed by atoms with van der Waals surface area (Å²) in [5, 5.41) is 17.0. The van der Waals surface area contributed by atoms with Crippen molar-refractivity contribution < 1.29 is 9.59 Å². The van der Waals surface area contributed by atoms with Gasteiger partial charge in [-0.2, -0.15) is 5.10 Å². The van der Waals surface area contributed by atoms with Crippen LogP contribution >= 0.6 is 0 Å². The highest BCUT2D eigenvalue weighted by Crippen LogP contribution is 2.29. The minimum atomic E-state index is -0.247. The monoisotopic (exact) mass is 289 g/mol. The molecule has 0 saturated heterocycles. The molecule has 1 aliphatic rings. The highest BCUT2D eigenvalue weighted by Gasteiger charge is 2.30. The minimum Gasteiger partial charge on any atom is -0.309 e. The van der Waals surface area contributed by atoms with E-state index in [-0.39, 0.29) is 24.3 Å². The Kier molecular flexibility index (Phi) is 3.38. The average molecular weight is 289 g/mol. The second-order valence-electron chi connectivity index (χ2n) is 4.95. The zero-order valence-electron chi connectivity index (χ0n) is 11.5. The van der Waals surface area contributed by atoms with Crippen molar-refractivity contribution in [3.63, 3.8) is 0 Å². The second-order valence-corrected chi connectivity index (χ2v) is 4.95. The van der Waals surface area contributed by atoms with Crippen LogP contribution in [0.25, 0.3) is 0 Å². The molecular weight excluding hydrogens is 274 g/mol. The molecule has 21 heavy (non-hydrogen) atoms. The quantitative estimate of drug-likeness (QED) is 0.805. The molecule has 1 saturated carbocycles. The van der Waals surface area contributed by atoms with Gasteiger partial charge in [0.2, 0.25) is 11.8 Å². The lowest BCUT2D eigenvalue weighted by atomic mass is 10.4. The average Bonchev–Trinajstić information content (AvgIpc) is 3.10. The predicted octanol–water partition coefficient (Wildman–Crippen LogP) is -0.00120. The molecule has 1 aliphatic carbocycles. The van der Waals surface area contributed by atoms with Gasteiger partial charge in [0.1, 0.15) is 12.4 Å². The zero-order valence-corrected chi connectivity index (χ0v) is 11.5. The van der Waals surface area contributed by atoms with Crippen LogP contribution in [0.1, 0.15) is 12.8 Å². The summed E-state index contributed by atoms with van der Waals surface area (Å²) in [6.45, 7) is 0.0114. The normalized spacial score (nSPS) is 14.0. The number of aromatic nitrogens is 5. The van der Waals surface area contributed by atoms with Crippen LogP contribution in [0.4, 0.5) is 11.6 Å². The van der Waals surface area contributed by atoms with E-state index in [1.54, 1.807) is 24.0 Å². The molecule has 2 aromatic rings. The van der Waals surface area contributed by atoms with Crippen LogP contribution in [-0.4, -0.2) is 36.6 Å². The first-order chi connectivity index (χ1) is 10.1. The molecule has 0 unspecified atom stereocenters. The van der Waals surface area contributed by atoms with Gasteiger partial charge in [-0.25, -0.2) is 4.68 Å². The molecule has 2 N–H and O–H groups in total. The van der Waals surface area contributed by atoms with Gasteiger partial charge in [0.25, 0.3) is 0 Å². The molecule has 0 atom stereocenters. The van der Waals surface area contributed by atoms with Crippen LogP contribution in [-0.2, 0) is 23.2 Å². The maximum absolute atomic E-state index is 11.9. The summed E-state index contributed by atoms with van der Waals surface area (Å²) in [7, 11) is 1.73. The van der Waals surface area contributed by atoms with Crippen molar-refractivity contribution in [2.75, 3.05) is 10.6 Å². The number of anilines is 2. The van der Waals surface area contributed by atoms with Crippen molar-refractivity contribution in [1.29, 1.82) is 0 Å². The summed E-state index contributed by atoms with van der Waals surface area (Å²) in [6.07, 6.45) is 4.97. The van der Waals surface area contributed by atoms with Gasteiger partial charge in [-0.05, 0) is 12.8 Å². The smallest absolute Gasteiger partial charge is 0.247 e. The predicted molar refractivity (Wildman–Crippen MR) is 73.2 cm³/mol. The maximum atomic E-state index is 11.9. The fourth-order valence-corrected chi connectivity index (χ4v) is 1.83. The van der Waals surface area contributed by atoms with Gasteiger partial charge in [-0.3, -0.25) is 14.3 Å². The molecule has 2 heterocycles. The van der Waals surface area contributed by atoms with Gasteiger partial charge in [0.05, 0.1) is 12.4 Å². The van der Waals surface area contributed by atoms with Crippen molar-refractivity contribution in [3.05, 3.63) is 18.5 Å². The van der Waals surface area contributed by atoms with E-state index in [2.05, 4.69) is 26.0 Å². The second kappa shape index (κ2) is 5.35. The Bertz CT molecular complexity index is 671. The Balaban J connectivity index is 1.55. The SMILES string of the molecule is Cn1nccc1NC(=O)Cn1cc(NC(=O)C2CC2)nn1. The molecule has 3 rings (SSSR count). The molecule has 0 spiro atoms. The van der Waals surface area contributed by atoms with Crippen molar-refractivity contribution >= 4 is 23.5 Å². The Hall–Kier alpha value is -2.71. The molecule has 0 radical (unpaired) electrons. The van der Waals surface area contributed by atoms with Crippen LogP contribution < -0.4 is 10.6 Å². The third-order valence-corrected chi connectivity index (χ3v) is 3.13. The van der Waals surface area contributed by atoms with E-state index in [0.29, 0.717) is 11.6 Å². The molecule has 0 aliphatic heterocycles. The van der Waals surface area contributed by atoms with Crippen molar-refractivity contribution in [1.82, 2.24) is 24.8 Å². The standard InChI is InChI=1S/C12H15N7O2/c1-18-10(4-5-13-18)15-11(20)7-19-6-9(16-17-19)14-12(21)8-2-3-8/h4-6,8H,2-3,7H2,1H3,(H,14,21)(H,15,20). The number of hydrogen-bond acceptors (Lipinski definition) is 5. The van der Waals surface area contributed by atoms with Crippen LogP contribution in [0.5, 0.6) is 0 Å². The zero-order chi connectivity index (χ0) is 14.8. The largest absolute Gasteiger partial charge is 0.309 e. The first-order valence-electron chi connectivity index (χ1n) is 6.60. The summed E-state index contributed by atoms with van der Waals surface area (Å²) < 4.78 is 2.93. The van der Waals surface area contributed by atoms with Crippen molar-refractivity contribution in [3.8, 4) is 0 Å². The van der Waals surface area contributed by atoms with Gasteiger partial charge in [-0.15, -0.1) is 5.10 Å². The van der Waals surface area contributed by atoms with E-state index in [1.807, 2.05) is 0 Å². The van der Waals surface area contributed by atoms with Crippen molar-refractivity contribution in [2.45, 2.75) is 19.4 Å². The topological polar surface area (TPSA) is 107 Å². The lowest BCUT2D eigenvalue weighted by Gasteiger charge is -2.04. The van der Waals surface area contributed by atoms with Crippen LogP contribution in [0.2, 0.25) is 0 Å². The Morgan fingerprint density at radius 1 is 1.38 bits per heavy atom. The van der Waals surface area contributed by atoms with Crippen molar-refractivity contribution in [2.24, 2.45) is 13.0 Å². The molecule has 2 aromatic heterocycles. The maximum Gasteiger partial charge on any atom is 0.247 e. The van der Waals surface area contributed by atoms with E-state index in [9.17, 15) is 9.59 Å². The lowest BCUT2D eigenvalue weighted by molar-refractivity contribution is -0.117. The molecule has 110 valence electrons. The molecule has 9 heteroatoms. The number of nitrogens with one attached hydrogen (secondary N) is 2. The summed E-state index contributed by atoms with van der Waals surface area (Å²) in [6, 6.07) is 1.69. The Morgan fingerprint density at radius 2 is 2.19 bits per heavy atom. The van der Waals surface area contributed by atoms with E-state index >= 15 is 0 Å². The third-order valence-electron chi connectivity index (χ3n) is 3.13. The molecule has 2 amide bonds.